The van der Waals surface area contributed by atoms with E-state index in [0.29, 0.717) is 6.04 Å². The van der Waals surface area contributed by atoms with Crippen LogP contribution in [0.2, 0.25) is 0 Å². The van der Waals surface area contributed by atoms with Gasteiger partial charge in [0.15, 0.2) is 0 Å². The molecule has 0 saturated carbocycles. The second-order valence-corrected chi connectivity index (χ2v) is 7.08. The molecule has 4 heterocycles. The van der Waals surface area contributed by atoms with Gasteiger partial charge in [-0.05, 0) is 38.3 Å². The molecular weight excluding hydrogens is 294 g/mol. The molecule has 3 aromatic heterocycles. The summed E-state index contributed by atoms with van der Waals surface area (Å²) in [6.45, 7) is 6.32. The minimum absolute atomic E-state index is 0.456. The topological polar surface area (TPSA) is 46.8 Å². The van der Waals surface area contributed by atoms with E-state index < -0.39 is 0 Å². The minimum Gasteiger partial charge on any atom is -0.351 e. The van der Waals surface area contributed by atoms with Crippen molar-refractivity contribution in [2.45, 2.75) is 39.3 Å². The van der Waals surface area contributed by atoms with Gasteiger partial charge < -0.3 is 4.90 Å². The van der Waals surface area contributed by atoms with Gasteiger partial charge in [0.1, 0.15) is 17.0 Å². The fourth-order valence-electron chi connectivity index (χ4n) is 3.31. The van der Waals surface area contributed by atoms with Gasteiger partial charge in [-0.2, -0.15) is 5.10 Å². The predicted octanol–water partition coefficient (Wildman–Crippen LogP) is 3.17. The fraction of sp³-hybridized carbons (Fsp3) is 0.438. The SMILES string of the molecule is Cc1sc2ncnc(N3CCC[C@@H]3Cn3cccn3)c2c1C. The van der Waals surface area contributed by atoms with Crippen LogP contribution >= 0.6 is 11.3 Å². The van der Waals surface area contributed by atoms with Crippen molar-refractivity contribution in [2.75, 3.05) is 11.4 Å². The quantitative estimate of drug-likeness (QED) is 0.745. The van der Waals surface area contributed by atoms with Crippen LogP contribution in [-0.2, 0) is 6.54 Å². The van der Waals surface area contributed by atoms with Crippen LogP contribution in [0.15, 0.2) is 24.8 Å². The lowest BCUT2D eigenvalue weighted by Gasteiger charge is -2.26. The van der Waals surface area contributed by atoms with Gasteiger partial charge in [0.25, 0.3) is 0 Å². The van der Waals surface area contributed by atoms with E-state index in [1.54, 1.807) is 17.7 Å². The zero-order valence-corrected chi connectivity index (χ0v) is 13.7. The number of nitrogens with zero attached hydrogens (tertiary/aromatic N) is 5. The van der Waals surface area contributed by atoms with Crippen LogP contribution in [0.4, 0.5) is 5.82 Å². The zero-order valence-electron chi connectivity index (χ0n) is 12.9. The molecule has 0 bridgehead atoms. The lowest BCUT2D eigenvalue weighted by molar-refractivity contribution is 0.508. The summed E-state index contributed by atoms with van der Waals surface area (Å²) in [4.78, 5) is 14.0. The highest BCUT2D eigenvalue weighted by atomic mass is 32.1. The van der Waals surface area contributed by atoms with Crippen molar-refractivity contribution in [3.63, 3.8) is 0 Å². The first-order valence-electron chi connectivity index (χ1n) is 7.69. The largest absolute Gasteiger partial charge is 0.351 e. The van der Waals surface area contributed by atoms with Crippen molar-refractivity contribution >= 4 is 27.4 Å². The predicted molar refractivity (Wildman–Crippen MR) is 89.5 cm³/mol. The Bertz CT molecular complexity index is 792. The molecule has 5 nitrogen and oxygen atoms in total. The first-order chi connectivity index (χ1) is 10.7. The van der Waals surface area contributed by atoms with Gasteiger partial charge >= 0.3 is 0 Å². The van der Waals surface area contributed by atoms with Gasteiger partial charge in [-0.15, -0.1) is 11.3 Å². The summed E-state index contributed by atoms with van der Waals surface area (Å²) < 4.78 is 2.02. The highest BCUT2D eigenvalue weighted by molar-refractivity contribution is 7.18. The molecule has 1 atom stereocenters. The van der Waals surface area contributed by atoms with Gasteiger partial charge in [-0.1, -0.05) is 0 Å². The number of hydrogen-bond donors (Lipinski definition) is 0. The molecule has 3 aromatic rings. The summed E-state index contributed by atoms with van der Waals surface area (Å²) in [5, 5.41) is 5.58. The fourth-order valence-corrected chi connectivity index (χ4v) is 4.30. The summed E-state index contributed by atoms with van der Waals surface area (Å²) in [6.07, 6.45) is 7.98. The second kappa shape index (κ2) is 5.35. The molecule has 4 rings (SSSR count). The minimum atomic E-state index is 0.456. The average molecular weight is 313 g/mol. The Morgan fingerprint density at radius 3 is 3.05 bits per heavy atom. The zero-order chi connectivity index (χ0) is 15.1. The third-order valence-electron chi connectivity index (χ3n) is 4.55. The third kappa shape index (κ3) is 2.18. The van der Waals surface area contributed by atoms with E-state index in [1.807, 2.05) is 23.1 Å². The molecular formula is C16H19N5S. The molecule has 0 aromatic carbocycles. The summed E-state index contributed by atoms with van der Waals surface area (Å²) in [7, 11) is 0. The lowest BCUT2D eigenvalue weighted by Crippen LogP contribution is -2.33. The summed E-state index contributed by atoms with van der Waals surface area (Å²) in [5.41, 5.74) is 1.32. The van der Waals surface area contributed by atoms with Crippen molar-refractivity contribution in [3.05, 3.63) is 35.2 Å². The van der Waals surface area contributed by atoms with Crippen molar-refractivity contribution in [3.8, 4) is 0 Å². The number of thiophene rings is 1. The molecule has 0 aliphatic carbocycles. The van der Waals surface area contributed by atoms with Crippen LogP contribution < -0.4 is 4.90 Å². The molecule has 6 heteroatoms. The summed E-state index contributed by atoms with van der Waals surface area (Å²) >= 11 is 1.76. The number of rotatable bonds is 3. The van der Waals surface area contributed by atoms with Crippen molar-refractivity contribution in [2.24, 2.45) is 0 Å². The van der Waals surface area contributed by atoms with E-state index in [0.717, 1.165) is 23.7 Å². The van der Waals surface area contributed by atoms with Crippen LogP contribution in [0, 0.1) is 13.8 Å². The van der Waals surface area contributed by atoms with Crippen LogP contribution in [-0.4, -0.2) is 32.3 Å². The first-order valence-corrected chi connectivity index (χ1v) is 8.50. The standard InChI is InChI=1S/C16H19N5S/c1-11-12(2)22-16-14(11)15(17-10-18-16)21-8-3-5-13(21)9-20-7-4-6-19-20/h4,6-7,10,13H,3,5,8-9H2,1-2H3/t13-/m1/s1. The van der Waals surface area contributed by atoms with Gasteiger partial charge in [0.2, 0.25) is 0 Å². The molecule has 114 valence electrons. The van der Waals surface area contributed by atoms with Crippen LogP contribution in [0.5, 0.6) is 0 Å². The molecule has 1 fully saturated rings. The molecule has 0 radical (unpaired) electrons. The van der Waals surface area contributed by atoms with Crippen LogP contribution in [0.25, 0.3) is 10.2 Å². The Balaban J connectivity index is 1.74. The average Bonchev–Trinajstić information content (AvgIpc) is 3.23. The number of fused-ring (bicyclic) bond motifs is 1. The monoisotopic (exact) mass is 313 g/mol. The maximum absolute atomic E-state index is 4.63. The van der Waals surface area contributed by atoms with Crippen molar-refractivity contribution in [1.29, 1.82) is 0 Å². The maximum atomic E-state index is 4.63. The first kappa shape index (κ1) is 13.7. The Kier molecular flexibility index (Phi) is 3.33. The Labute approximate surface area is 133 Å². The summed E-state index contributed by atoms with van der Waals surface area (Å²) in [5.74, 6) is 1.10. The van der Waals surface area contributed by atoms with E-state index >= 15 is 0 Å². The molecule has 22 heavy (non-hydrogen) atoms. The number of anilines is 1. The summed E-state index contributed by atoms with van der Waals surface area (Å²) in [6, 6.07) is 2.44. The van der Waals surface area contributed by atoms with E-state index in [2.05, 4.69) is 33.8 Å². The molecule has 0 unspecified atom stereocenters. The van der Waals surface area contributed by atoms with Gasteiger partial charge in [0, 0.05) is 23.8 Å². The lowest BCUT2D eigenvalue weighted by atomic mass is 10.2. The van der Waals surface area contributed by atoms with Gasteiger partial charge in [0.05, 0.1) is 18.0 Å². The smallest absolute Gasteiger partial charge is 0.141 e. The third-order valence-corrected chi connectivity index (χ3v) is 5.67. The van der Waals surface area contributed by atoms with E-state index in [1.165, 1.54) is 28.7 Å². The Morgan fingerprint density at radius 2 is 2.23 bits per heavy atom. The second-order valence-electron chi connectivity index (χ2n) is 5.88. The highest BCUT2D eigenvalue weighted by Gasteiger charge is 2.28. The molecule has 0 N–H and O–H groups in total. The Morgan fingerprint density at radius 1 is 1.32 bits per heavy atom. The molecule has 1 saturated heterocycles. The Hall–Kier alpha value is -1.95. The molecule has 1 aliphatic rings. The number of aryl methyl sites for hydroxylation is 2. The van der Waals surface area contributed by atoms with Crippen molar-refractivity contribution < 1.29 is 0 Å². The van der Waals surface area contributed by atoms with Crippen molar-refractivity contribution in [1.82, 2.24) is 19.7 Å². The molecule has 0 spiro atoms. The van der Waals surface area contributed by atoms with Crippen LogP contribution in [0.3, 0.4) is 0 Å². The highest BCUT2D eigenvalue weighted by Crippen LogP contribution is 2.36. The number of aromatic nitrogens is 4. The van der Waals surface area contributed by atoms with E-state index in [4.69, 9.17) is 0 Å². The normalized spacial score (nSPS) is 18.5. The van der Waals surface area contributed by atoms with Crippen LogP contribution in [0.1, 0.15) is 23.3 Å². The molecule has 0 amide bonds. The van der Waals surface area contributed by atoms with Gasteiger partial charge in [-0.3, -0.25) is 4.68 Å². The molecule has 1 aliphatic heterocycles. The number of hydrogen-bond acceptors (Lipinski definition) is 5. The maximum Gasteiger partial charge on any atom is 0.141 e. The van der Waals surface area contributed by atoms with E-state index in [-0.39, 0.29) is 0 Å². The van der Waals surface area contributed by atoms with Gasteiger partial charge in [-0.25, -0.2) is 9.97 Å². The van der Waals surface area contributed by atoms with E-state index in [9.17, 15) is 0 Å².